The second kappa shape index (κ2) is 6.14. The zero-order chi connectivity index (χ0) is 11.6. The van der Waals surface area contributed by atoms with Crippen LogP contribution in [0.3, 0.4) is 0 Å². The van der Waals surface area contributed by atoms with E-state index >= 15 is 0 Å². The van der Waals surface area contributed by atoms with Crippen molar-refractivity contribution in [1.29, 1.82) is 0 Å². The number of ether oxygens (including phenoxy) is 1. The summed E-state index contributed by atoms with van der Waals surface area (Å²) >= 11 is 1.74. The molecule has 5 heteroatoms. The van der Waals surface area contributed by atoms with Gasteiger partial charge in [0.25, 0.3) is 0 Å². The lowest BCUT2D eigenvalue weighted by atomic mass is 9.87. The van der Waals surface area contributed by atoms with E-state index in [4.69, 9.17) is 9.72 Å². The number of aromatic nitrogens is 1. The average molecular weight is 277 g/mol. The Kier molecular flexibility index (Phi) is 5.38. The third-order valence-corrected chi connectivity index (χ3v) is 4.28. The summed E-state index contributed by atoms with van der Waals surface area (Å²) < 4.78 is 5.46. The standard InChI is InChI=1S/C12H20N2OS.ClH/c1-4-12(2,3)10-8-16-11(14-10)9-7-15-6-5-13-9;/h8-9,13H,4-7H2,1-3H3;1H. The molecule has 1 unspecified atom stereocenters. The average Bonchev–Trinajstić information content (AvgIpc) is 2.80. The van der Waals surface area contributed by atoms with Crippen molar-refractivity contribution < 1.29 is 4.74 Å². The Bertz CT molecular complexity index is 348. The van der Waals surface area contributed by atoms with Gasteiger partial charge in [0.1, 0.15) is 5.01 Å². The Morgan fingerprint density at radius 3 is 2.94 bits per heavy atom. The van der Waals surface area contributed by atoms with Gasteiger partial charge in [-0.15, -0.1) is 23.7 Å². The molecular formula is C12H21ClN2OS. The van der Waals surface area contributed by atoms with E-state index in [1.165, 1.54) is 5.69 Å². The van der Waals surface area contributed by atoms with Crippen molar-refractivity contribution >= 4 is 23.7 Å². The van der Waals surface area contributed by atoms with Gasteiger partial charge < -0.3 is 10.1 Å². The van der Waals surface area contributed by atoms with Crippen LogP contribution in [0.4, 0.5) is 0 Å². The monoisotopic (exact) mass is 276 g/mol. The van der Waals surface area contributed by atoms with E-state index in [0.717, 1.165) is 31.2 Å². The summed E-state index contributed by atoms with van der Waals surface area (Å²) in [6, 6.07) is 0.292. The molecule has 0 bridgehead atoms. The summed E-state index contributed by atoms with van der Waals surface area (Å²) in [5, 5.41) is 6.79. The van der Waals surface area contributed by atoms with E-state index < -0.39 is 0 Å². The molecular weight excluding hydrogens is 256 g/mol. The predicted octanol–water partition coefficient (Wildman–Crippen LogP) is 2.91. The Morgan fingerprint density at radius 2 is 2.35 bits per heavy atom. The van der Waals surface area contributed by atoms with Crippen LogP contribution in [0, 0.1) is 0 Å². The van der Waals surface area contributed by atoms with E-state index in [0.29, 0.717) is 6.04 Å². The highest BCUT2D eigenvalue weighted by Crippen LogP contribution is 2.30. The fourth-order valence-electron chi connectivity index (χ4n) is 1.66. The van der Waals surface area contributed by atoms with Crippen LogP contribution >= 0.6 is 23.7 Å². The van der Waals surface area contributed by atoms with Gasteiger partial charge in [0.05, 0.1) is 24.9 Å². The Morgan fingerprint density at radius 1 is 1.59 bits per heavy atom. The van der Waals surface area contributed by atoms with Crippen molar-refractivity contribution in [1.82, 2.24) is 10.3 Å². The summed E-state index contributed by atoms with van der Waals surface area (Å²) in [5.41, 5.74) is 1.40. The van der Waals surface area contributed by atoms with Crippen LogP contribution in [-0.4, -0.2) is 24.7 Å². The first-order chi connectivity index (χ1) is 7.63. The van der Waals surface area contributed by atoms with Gasteiger partial charge in [-0.25, -0.2) is 4.98 Å². The van der Waals surface area contributed by atoms with Crippen molar-refractivity contribution in [3.05, 3.63) is 16.1 Å². The molecule has 1 fully saturated rings. The smallest absolute Gasteiger partial charge is 0.112 e. The van der Waals surface area contributed by atoms with Gasteiger partial charge >= 0.3 is 0 Å². The molecule has 17 heavy (non-hydrogen) atoms. The molecule has 1 aliphatic rings. The molecule has 2 rings (SSSR count). The van der Waals surface area contributed by atoms with Gasteiger partial charge in [-0.3, -0.25) is 0 Å². The maximum Gasteiger partial charge on any atom is 0.112 e. The van der Waals surface area contributed by atoms with Crippen molar-refractivity contribution in [2.24, 2.45) is 0 Å². The van der Waals surface area contributed by atoms with Gasteiger partial charge in [0, 0.05) is 17.3 Å². The Hall–Kier alpha value is -0.160. The molecule has 0 spiro atoms. The molecule has 1 saturated heterocycles. The molecule has 0 aromatic carbocycles. The summed E-state index contributed by atoms with van der Waals surface area (Å²) in [4.78, 5) is 4.75. The summed E-state index contributed by atoms with van der Waals surface area (Å²) in [6.07, 6.45) is 1.12. The number of hydrogen-bond donors (Lipinski definition) is 1. The number of thiazole rings is 1. The first-order valence-corrected chi connectivity index (χ1v) is 6.78. The molecule has 0 radical (unpaired) electrons. The first kappa shape index (κ1) is 14.9. The van der Waals surface area contributed by atoms with E-state index in [-0.39, 0.29) is 17.8 Å². The molecule has 1 N–H and O–H groups in total. The van der Waals surface area contributed by atoms with Crippen molar-refractivity contribution in [2.45, 2.75) is 38.6 Å². The lowest BCUT2D eigenvalue weighted by Crippen LogP contribution is -2.34. The van der Waals surface area contributed by atoms with E-state index in [9.17, 15) is 0 Å². The summed E-state index contributed by atoms with van der Waals surface area (Å²) in [5.74, 6) is 0. The lowest BCUT2D eigenvalue weighted by Gasteiger charge is -2.22. The minimum absolute atomic E-state index is 0. The highest BCUT2D eigenvalue weighted by molar-refractivity contribution is 7.09. The SMILES string of the molecule is CCC(C)(C)c1csc(C2COCCN2)n1.Cl. The van der Waals surface area contributed by atoms with Crippen LogP contribution in [0.25, 0.3) is 0 Å². The normalized spacial score (nSPS) is 21.0. The highest BCUT2D eigenvalue weighted by Gasteiger charge is 2.24. The maximum absolute atomic E-state index is 5.46. The van der Waals surface area contributed by atoms with Gasteiger partial charge in [-0.1, -0.05) is 20.8 Å². The molecule has 1 aromatic heterocycles. The van der Waals surface area contributed by atoms with Crippen molar-refractivity contribution in [2.75, 3.05) is 19.8 Å². The maximum atomic E-state index is 5.46. The molecule has 1 atom stereocenters. The number of halogens is 1. The number of rotatable bonds is 3. The van der Waals surface area contributed by atoms with Gasteiger partial charge in [0.15, 0.2) is 0 Å². The molecule has 1 aromatic rings. The number of nitrogens with one attached hydrogen (secondary N) is 1. The lowest BCUT2D eigenvalue weighted by molar-refractivity contribution is 0.0767. The van der Waals surface area contributed by atoms with Gasteiger partial charge in [-0.2, -0.15) is 0 Å². The van der Waals surface area contributed by atoms with Gasteiger partial charge in [-0.05, 0) is 6.42 Å². The second-order valence-corrected chi connectivity index (χ2v) is 5.78. The second-order valence-electron chi connectivity index (χ2n) is 4.89. The fraction of sp³-hybridized carbons (Fsp3) is 0.750. The van der Waals surface area contributed by atoms with Crippen LogP contribution in [0.1, 0.15) is 43.9 Å². The molecule has 0 amide bonds. The molecule has 1 aliphatic heterocycles. The van der Waals surface area contributed by atoms with Crippen molar-refractivity contribution in [3.63, 3.8) is 0 Å². The molecule has 98 valence electrons. The minimum Gasteiger partial charge on any atom is -0.378 e. The summed E-state index contributed by atoms with van der Waals surface area (Å²) in [7, 11) is 0. The zero-order valence-electron chi connectivity index (χ0n) is 10.7. The van der Waals surface area contributed by atoms with Crippen LogP contribution in [0.5, 0.6) is 0 Å². The van der Waals surface area contributed by atoms with Gasteiger partial charge in [0.2, 0.25) is 0 Å². The van der Waals surface area contributed by atoms with Crippen LogP contribution in [0.2, 0.25) is 0 Å². The van der Waals surface area contributed by atoms with Crippen LogP contribution in [-0.2, 0) is 10.2 Å². The van der Waals surface area contributed by atoms with E-state index in [1.54, 1.807) is 11.3 Å². The molecule has 0 saturated carbocycles. The number of morpholine rings is 1. The minimum atomic E-state index is 0. The van der Waals surface area contributed by atoms with E-state index in [1.807, 2.05) is 0 Å². The quantitative estimate of drug-likeness (QED) is 0.922. The first-order valence-electron chi connectivity index (χ1n) is 5.90. The number of nitrogens with zero attached hydrogens (tertiary/aromatic N) is 1. The number of hydrogen-bond acceptors (Lipinski definition) is 4. The zero-order valence-corrected chi connectivity index (χ0v) is 12.3. The Balaban J connectivity index is 0.00000144. The highest BCUT2D eigenvalue weighted by atomic mass is 35.5. The topological polar surface area (TPSA) is 34.1 Å². The molecule has 0 aliphatic carbocycles. The third kappa shape index (κ3) is 3.41. The fourth-order valence-corrected chi connectivity index (χ4v) is 2.73. The Labute approximate surface area is 113 Å². The van der Waals surface area contributed by atoms with Crippen LogP contribution < -0.4 is 5.32 Å². The summed E-state index contributed by atoms with van der Waals surface area (Å²) in [6.45, 7) is 9.19. The van der Waals surface area contributed by atoms with Crippen molar-refractivity contribution in [3.8, 4) is 0 Å². The molecule has 3 nitrogen and oxygen atoms in total. The molecule has 2 heterocycles. The predicted molar refractivity (Wildman–Crippen MR) is 74.2 cm³/mol. The van der Waals surface area contributed by atoms with E-state index in [2.05, 4.69) is 31.5 Å². The largest absolute Gasteiger partial charge is 0.378 e. The third-order valence-electron chi connectivity index (χ3n) is 3.32. The van der Waals surface area contributed by atoms with Crippen LogP contribution in [0.15, 0.2) is 5.38 Å².